The van der Waals surface area contributed by atoms with Crippen LogP contribution in [0.1, 0.15) is 30.4 Å². The van der Waals surface area contributed by atoms with Crippen molar-refractivity contribution in [2.45, 2.75) is 44.0 Å². The third-order valence-electron chi connectivity index (χ3n) is 3.44. The molecule has 0 aromatic heterocycles. The van der Waals surface area contributed by atoms with Crippen LogP contribution in [-0.4, -0.2) is 21.5 Å². The van der Waals surface area contributed by atoms with Crippen LogP contribution in [0.3, 0.4) is 0 Å². The molecule has 5 heteroatoms. The Labute approximate surface area is 109 Å². The van der Waals surface area contributed by atoms with E-state index in [-0.39, 0.29) is 6.04 Å². The highest BCUT2D eigenvalue weighted by Crippen LogP contribution is 2.26. The van der Waals surface area contributed by atoms with Crippen LogP contribution in [0.25, 0.3) is 0 Å². The Morgan fingerprint density at radius 1 is 1.17 bits per heavy atom. The normalized spacial score (nSPS) is 16.4. The standard InChI is InChI=1S/C13H20N2O2S/c1-9-7-12(14-3)8-10(2)13(9)18(16,17)15-11-5-4-6-11/h7-8,11,14-15H,4-6H2,1-3H3. The highest BCUT2D eigenvalue weighted by Gasteiger charge is 2.27. The number of rotatable bonds is 4. The van der Waals surface area contributed by atoms with Crippen LogP contribution >= 0.6 is 0 Å². The summed E-state index contributed by atoms with van der Waals surface area (Å²) >= 11 is 0. The van der Waals surface area contributed by atoms with E-state index in [4.69, 9.17) is 0 Å². The van der Waals surface area contributed by atoms with E-state index >= 15 is 0 Å². The summed E-state index contributed by atoms with van der Waals surface area (Å²) in [5.41, 5.74) is 2.50. The summed E-state index contributed by atoms with van der Waals surface area (Å²) in [5.74, 6) is 0. The first-order valence-corrected chi connectivity index (χ1v) is 7.73. The van der Waals surface area contributed by atoms with Crippen LogP contribution in [0.2, 0.25) is 0 Å². The molecule has 2 rings (SSSR count). The van der Waals surface area contributed by atoms with E-state index in [0.717, 1.165) is 36.1 Å². The number of benzene rings is 1. The molecule has 0 spiro atoms. The molecule has 0 atom stereocenters. The lowest BCUT2D eigenvalue weighted by Gasteiger charge is -2.27. The van der Waals surface area contributed by atoms with E-state index in [1.165, 1.54) is 0 Å². The van der Waals surface area contributed by atoms with Gasteiger partial charge >= 0.3 is 0 Å². The van der Waals surface area contributed by atoms with Crippen LogP contribution in [0.5, 0.6) is 0 Å². The zero-order valence-electron chi connectivity index (χ0n) is 11.1. The van der Waals surface area contributed by atoms with Gasteiger partial charge < -0.3 is 5.32 Å². The number of nitrogens with one attached hydrogen (secondary N) is 2. The molecule has 0 unspecified atom stereocenters. The minimum absolute atomic E-state index is 0.123. The predicted octanol–water partition coefficient (Wildman–Crippen LogP) is 2.18. The number of sulfonamides is 1. The molecular weight excluding hydrogens is 248 g/mol. The maximum atomic E-state index is 12.3. The lowest BCUT2D eigenvalue weighted by molar-refractivity contribution is 0.383. The van der Waals surface area contributed by atoms with Crippen molar-refractivity contribution in [1.29, 1.82) is 0 Å². The molecular formula is C13H20N2O2S. The lowest BCUT2D eigenvalue weighted by atomic mass is 9.94. The average molecular weight is 268 g/mol. The number of anilines is 1. The summed E-state index contributed by atoms with van der Waals surface area (Å²) < 4.78 is 27.5. The first kappa shape index (κ1) is 13.4. The van der Waals surface area contributed by atoms with Gasteiger partial charge in [-0.15, -0.1) is 0 Å². The van der Waals surface area contributed by atoms with Crippen LogP contribution in [-0.2, 0) is 10.0 Å². The first-order chi connectivity index (χ1) is 8.44. The molecule has 2 N–H and O–H groups in total. The lowest BCUT2D eigenvalue weighted by Crippen LogP contribution is -2.39. The highest BCUT2D eigenvalue weighted by molar-refractivity contribution is 7.89. The number of hydrogen-bond donors (Lipinski definition) is 2. The molecule has 1 aliphatic rings. The smallest absolute Gasteiger partial charge is 0.241 e. The van der Waals surface area contributed by atoms with Gasteiger partial charge in [0.1, 0.15) is 0 Å². The molecule has 0 bridgehead atoms. The second-order valence-electron chi connectivity index (χ2n) is 4.94. The third-order valence-corrected chi connectivity index (χ3v) is 5.27. The summed E-state index contributed by atoms with van der Waals surface area (Å²) in [4.78, 5) is 0.424. The molecule has 1 aromatic carbocycles. The molecule has 0 aliphatic heterocycles. The Hall–Kier alpha value is -1.07. The minimum Gasteiger partial charge on any atom is -0.388 e. The third kappa shape index (κ3) is 2.52. The molecule has 1 aromatic rings. The molecule has 1 fully saturated rings. The quantitative estimate of drug-likeness (QED) is 0.880. The summed E-state index contributed by atoms with van der Waals surface area (Å²) in [5, 5.41) is 3.04. The van der Waals surface area contributed by atoms with Gasteiger partial charge in [0.2, 0.25) is 10.0 Å². The molecule has 0 amide bonds. The average Bonchev–Trinajstić information content (AvgIpc) is 2.22. The Morgan fingerprint density at radius 2 is 1.72 bits per heavy atom. The molecule has 100 valence electrons. The van der Waals surface area contributed by atoms with Gasteiger partial charge in [0.25, 0.3) is 0 Å². The van der Waals surface area contributed by atoms with E-state index in [1.807, 2.05) is 33.0 Å². The van der Waals surface area contributed by atoms with Crippen molar-refractivity contribution in [3.05, 3.63) is 23.3 Å². The second kappa shape index (κ2) is 4.90. The van der Waals surface area contributed by atoms with Gasteiger partial charge in [0.15, 0.2) is 0 Å². The van der Waals surface area contributed by atoms with E-state index in [9.17, 15) is 8.42 Å². The summed E-state index contributed by atoms with van der Waals surface area (Å²) in [6.07, 6.45) is 3.02. The van der Waals surface area contributed by atoms with E-state index in [1.54, 1.807) is 0 Å². The fourth-order valence-electron chi connectivity index (χ4n) is 2.32. The Kier molecular flexibility index (Phi) is 3.64. The van der Waals surface area contributed by atoms with Gasteiger partial charge in [0.05, 0.1) is 4.90 Å². The van der Waals surface area contributed by atoms with Crippen molar-refractivity contribution in [2.24, 2.45) is 0 Å². The number of hydrogen-bond acceptors (Lipinski definition) is 3. The van der Waals surface area contributed by atoms with Crippen LogP contribution in [0, 0.1) is 13.8 Å². The van der Waals surface area contributed by atoms with Crippen LogP contribution in [0.4, 0.5) is 5.69 Å². The fraction of sp³-hybridized carbons (Fsp3) is 0.538. The molecule has 18 heavy (non-hydrogen) atoms. The van der Waals surface area contributed by atoms with Gasteiger partial charge in [-0.05, 0) is 49.9 Å². The van der Waals surface area contributed by atoms with E-state index in [0.29, 0.717) is 4.90 Å². The van der Waals surface area contributed by atoms with Gasteiger partial charge in [-0.2, -0.15) is 0 Å². The predicted molar refractivity (Wildman–Crippen MR) is 73.4 cm³/mol. The van der Waals surface area contributed by atoms with Gasteiger partial charge in [-0.25, -0.2) is 13.1 Å². The topological polar surface area (TPSA) is 58.2 Å². The Balaban J connectivity index is 2.37. The maximum Gasteiger partial charge on any atom is 0.241 e. The van der Waals surface area contributed by atoms with Gasteiger partial charge in [0, 0.05) is 18.8 Å². The van der Waals surface area contributed by atoms with Crippen molar-refractivity contribution in [2.75, 3.05) is 12.4 Å². The van der Waals surface area contributed by atoms with Gasteiger partial charge in [-0.1, -0.05) is 6.42 Å². The van der Waals surface area contributed by atoms with E-state index < -0.39 is 10.0 Å². The van der Waals surface area contributed by atoms with Crippen molar-refractivity contribution in [3.63, 3.8) is 0 Å². The van der Waals surface area contributed by atoms with Crippen LogP contribution < -0.4 is 10.0 Å². The molecule has 1 aliphatic carbocycles. The van der Waals surface area contributed by atoms with Crippen molar-refractivity contribution >= 4 is 15.7 Å². The van der Waals surface area contributed by atoms with E-state index in [2.05, 4.69) is 10.0 Å². The van der Waals surface area contributed by atoms with Crippen molar-refractivity contribution in [1.82, 2.24) is 4.72 Å². The summed E-state index contributed by atoms with van der Waals surface area (Å²) in [6, 6.07) is 3.85. The van der Waals surface area contributed by atoms with Crippen molar-refractivity contribution in [3.8, 4) is 0 Å². The molecule has 4 nitrogen and oxygen atoms in total. The monoisotopic (exact) mass is 268 g/mol. The zero-order valence-corrected chi connectivity index (χ0v) is 11.9. The molecule has 0 radical (unpaired) electrons. The second-order valence-corrected chi connectivity index (χ2v) is 6.59. The fourth-order valence-corrected chi connectivity index (χ4v) is 4.08. The van der Waals surface area contributed by atoms with Crippen molar-refractivity contribution < 1.29 is 8.42 Å². The first-order valence-electron chi connectivity index (χ1n) is 6.25. The maximum absolute atomic E-state index is 12.3. The summed E-state index contributed by atoms with van der Waals surface area (Å²) in [6.45, 7) is 3.67. The molecule has 0 heterocycles. The Bertz CT molecular complexity index is 525. The van der Waals surface area contributed by atoms with Crippen LogP contribution in [0.15, 0.2) is 17.0 Å². The summed E-state index contributed by atoms with van der Waals surface area (Å²) in [7, 11) is -1.56. The highest BCUT2D eigenvalue weighted by atomic mass is 32.2. The Morgan fingerprint density at radius 3 is 2.11 bits per heavy atom. The molecule has 0 saturated heterocycles. The zero-order chi connectivity index (χ0) is 13.3. The largest absolute Gasteiger partial charge is 0.388 e. The van der Waals surface area contributed by atoms with Gasteiger partial charge in [-0.3, -0.25) is 0 Å². The number of aryl methyl sites for hydroxylation is 2. The minimum atomic E-state index is -3.38. The molecule has 1 saturated carbocycles. The SMILES string of the molecule is CNc1cc(C)c(S(=O)(=O)NC2CCC2)c(C)c1.